The summed E-state index contributed by atoms with van der Waals surface area (Å²) in [6, 6.07) is 10.4. The summed E-state index contributed by atoms with van der Waals surface area (Å²) >= 11 is 0. The summed E-state index contributed by atoms with van der Waals surface area (Å²) in [5.74, 6) is 0. The molecule has 94 valence electrons. The average molecular weight is 241 g/mol. The van der Waals surface area contributed by atoms with E-state index in [2.05, 4.69) is 41.1 Å². The van der Waals surface area contributed by atoms with Crippen LogP contribution >= 0.6 is 0 Å². The molecule has 1 saturated heterocycles. The number of hydrogen-bond acceptors (Lipinski definition) is 3. The Balaban J connectivity index is 1.89. The molecule has 2 heterocycles. The summed E-state index contributed by atoms with van der Waals surface area (Å²) in [7, 11) is 0. The molecule has 1 aliphatic rings. The minimum Gasteiger partial charge on any atom is -0.367 e. The lowest BCUT2D eigenvalue weighted by atomic mass is 9.85. The van der Waals surface area contributed by atoms with Crippen LogP contribution in [0.1, 0.15) is 19.8 Å². The number of fused-ring (bicyclic) bond motifs is 1. The summed E-state index contributed by atoms with van der Waals surface area (Å²) in [6.45, 7) is 4.10. The fraction of sp³-hybridized carbons (Fsp3) is 0.400. The minimum atomic E-state index is 0.0130. The van der Waals surface area contributed by atoms with E-state index in [0.717, 1.165) is 31.4 Å². The van der Waals surface area contributed by atoms with Crippen molar-refractivity contribution < 1.29 is 0 Å². The predicted octanol–water partition coefficient (Wildman–Crippen LogP) is 2.55. The van der Waals surface area contributed by atoms with Crippen LogP contribution in [0.5, 0.6) is 0 Å². The van der Waals surface area contributed by atoms with Gasteiger partial charge in [-0.05, 0) is 18.6 Å². The number of aromatic nitrogens is 1. The van der Waals surface area contributed by atoms with Gasteiger partial charge in [-0.25, -0.2) is 0 Å². The lowest BCUT2D eigenvalue weighted by Gasteiger charge is -2.49. The summed E-state index contributed by atoms with van der Waals surface area (Å²) in [5, 5.41) is 1.22. The van der Waals surface area contributed by atoms with Crippen molar-refractivity contribution in [3.05, 3.63) is 36.5 Å². The minimum absolute atomic E-state index is 0.0130. The van der Waals surface area contributed by atoms with Crippen molar-refractivity contribution >= 4 is 16.6 Å². The summed E-state index contributed by atoms with van der Waals surface area (Å²) < 4.78 is 0. The van der Waals surface area contributed by atoms with E-state index in [0.29, 0.717) is 0 Å². The SMILES string of the molecule is CCCC1(N)CN(c2ccnc3ccccc23)C1. The van der Waals surface area contributed by atoms with E-state index < -0.39 is 0 Å². The smallest absolute Gasteiger partial charge is 0.0722 e. The monoisotopic (exact) mass is 241 g/mol. The number of nitrogens with zero attached hydrogens (tertiary/aromatic N) is 2. The molecule has 0 radical (unpaired) electrons. The Hall–Kier alpha value is -1.61. The summed E-state index contributed by atoms with van der Waals surface area (Å²) in [6.07, 6.45) is 4.14. The van der Waals surface area contributed by atoms with Crippen LogP contribution in [0.25, 0.3) is 10.9 Å². The zero-order valence-electron chi connectivity index (χ0n) is 10.8. The van der Waals surface area contributed by atoms with Crippen molar-refractivity contribution in [1.29, 1.82) is 0 Å². The molecule has 0 atom stereocenters. The van der Waals surface area contributed by atoms with Gasteiger partial charge in [-0.3, -0.25) is 4.98 Å². The average Bonchev–Trinajstić information content (AvgIpc) is 2.35. The van der Waals surface area contributed by atoms with Gasteiger partial charge in [0.05, 0.1) is 11.1 Å². The molecule has 0 unspecified atom stereocenters. The highest BCUT2D eigenvalue weighted by atomic mass is 15.3. The molecule has 0 bridgehead atoms. The first-order valence-electron chi connectivity index (χ1n) is 6.59. The number of pyridine rings is 1. The van der Waals surface area contributed by atoms with E-state index >= 15 is 0 Å². The second-order valence-corrected chi connectivity index (χ2v) is 5.32. The van der Waals surface area contributed by atoms with Crippen LogP contribution in [-0.2, 0) is 0 Å². The van der Waals surface area contributed by atoms with Gasteiger partial charge in [0.15, 0.2) is 0 Å². The zero-order valence-corrected chi connectivity index (χ0v) is 10.8. The first-order chi connectivity index (χ1) is 8.72. The third kappa shape index (κ3) is 1.85. The third-order valence-electron chi connectivity index (χ3n) is 3.73. The highest BCUT2D eigenvalue weighted by molar-refractivity contribution is 5.91. The molecule has 0 amide bonds. The largest absolute Gasteiger partial charge is 0.367 e. The lowest BCUT2D eigenvalue weighted by Crippen LogP contribution is -2.67. The maximum absolute atomic E-state index is 6.33. The van der Waals surface area contributed by atoms with Gasteiger partial charge in [0.2, 0.25) is 0 Å². The Morgan fingerprint density at radius 2 is 2.06 bits per heavy atom. The summed E-state index contributed by atoms with van der Waals surface area (Å²) in [5.41, 5.74) is 8.66. The molecule has 1 fully saturated rings. The van der Waals surface area contributed by atoms with Crippen LogP contribution in [0.2, 0.25) is 0 Å². The van der Waals surface area contributed by atoms with Gasteiger partial charge in [0, 0.05) is 30.4 Å². The lowest BCUT2D eigenvalue weighted by molar-refractivity contribution is 0.308. The van der Waals surface area contributed by atoms with Gasteiger partial charge in [-0.2, -0.15) is 0 Å². The number of para-hydroxylation sites is 1. The van der Waals surface area contributed by atoms with E-state index in [9.17, 15) is 0 Å². The highest BCUT2D eigenvalue weighted by Gasteiger charge is 2.38. The second kappa shape index (κ2) is 4.25. The molecular weight excluding hydrogens is 222 g/mol. The predicted molar refractivity (Wildman–Crippen MR) is 75.8 cm³/mol. The van der Waals surface area contributed by atoms with Crippen molar-refractivity contribution in [2.75, 3.05) is 18.0 Å². The van der Waals surface area contributed by atoms with Crippen LogP contribution in [-0.4, -0.2) is 23.6 Å². The molecule has 1 aromatic carbocycles. The van der Waals surface area contributed by atoms with E-state index in [1.54, 1.807) is 0 Å². The van der Waals surface area contributed by atoms with Crippen molar-refractivity contribution in [2.24, 2.45) is 5.73 Å². The third-order valence-corrected chi connectivity index (χ3v) is 3.73. The van der Waals surface area contributed by atoms with Gasteiger partial charge < -0.3 is 10.6 Å². The van der Waals surface area contributed by atoms with Crippen molar-refractivity contribution in [1.82, 2.24) is 4.98 Å². The topological polar surface area (TPSA) is 42.1 Å². The van der Waals surface area contributed by atoms with Crippen molar-refractivity contribution in [3.8, 4) is 0 Å². The molecule has 1 aliphatic heterocycles. The Labute approximate surface area is 108 Å². The first kappa shape index (κ1) is 11.5. The molecule has 1 aromatic heterocycles. The normalized spacial score (nSPS) is 17.8. The fourth-order valence-corrected chi connectivity index (χ4v) is 2.90. The van der Waals surface area contributed by atoms with Gasteiger partial charge in [-0.1, -0.05) is 31.5 Å². The first-order valence-corrected chi connectivity index (χ1v) is 6.59. The van der Waals surface area contributed by atoms with Crippen LogP contribution in [0, 0.1) is 0 Å². The second-order valence-electron chi connectivity index (χ2n) is 5.32. The van der Waals surface area contributed by atoms with Gasteiger partial charge >= 0.3 is 0 Å². The molecule has 3 nitrogen and oxygen atoms in total. The van der Waals surface area contributed by atoms with Gasteiger partial charge in [0.25, 0.3) is 0 Å². The molecule has 3 rings (SSSR count). The van der Waals surface area contributed by atoms with E-state index in [-0.39, 0.29) is 5.54 Å². The maximum Gasteiger partial charge on any atom is 0.0722 e. The van der Waals surface area contributed by atoms with E-state index in [1.807, 2.05) is 12.3 Å². The van der Waals surface area contributed by atoms with Gasteiger partial charge in [0.1, 0.15) is 0 Å². The quantitative estimate of drug-likeness (QED) is 0.898. The van der Waals surface area contributed by atoms with Crippen LogP contribution in [0.3, 0.4) is 0 Å². The van der Waals surface area contributed by atoms with Crippen LogP contribution in [0.4, 0.5) is 5.69 Å². The number of hydrogen-bond donors (Lipinski definition) is 1. The van der Waals surface area contributed by atoms with Crippen molar-refractivity contribution in [3.63, 3.8) is 0 Å². The molecule has 0 spiro atoms. The Morgan fingerprint density at radius 1 is 1.28 bits per heavy atom. The van der Waals surface area contributed by atoms with E-state index in [1.165, 1.54) is 11.1 Å². The number of rotatable bonds is 3. The molecule has 0 saturated carbocycles. The molecule has 0 aliphatic carbocycles. The number of benzene rings is 1. The van der Waals surface area contributed by atoms with Crippen LogP contribution in [0.15, 0.2) is 36.5 Å². The number of anilines is 1. The molecule has 2 aromatic rings. The van der Waals surface area contributed by atoms with Crippen LogP contribution < -0.4 is 10.6 Å². The fourth-order valence-electron chi connectivity index (χ4n) is 2.90. The molecular formula is C15H19N3. The maximum atomic E-state index is 6.33. The molecule has 18 heavy (non-hydrogen) atoms. The Bertz CT molecular complexity index is 553. The van der Waals surface area contributed by atoms with E-state index in [4.69, 9.17) is 5.73 Å². The summed E-state index contributed by atoms with van der Waals surface area (Å²) in [4.78, 5) is 6.76. The Morgan fingerprint density at radius 3 is 2.83 bits per heavy atom. The standard InChI is InChI=1S/C15H19N3/c1-2-8-15(16)10-18(11-15)14-7-9-17-13-6-4-3-5-12(13)14/h3-7,9H,2,8,10-11,16H2,1H3. The number of nitrogens with two attached hydrogens (primary N) is 1. The molecule has 3 heteroatoms. The highest BCUT2D eigenvalue weighted by Crippen LogP contribution is 2.33. The van der Waals surface area contributed by atoms with Gasteiger partial charge in [-0.15, -0.1) is 0 Å². The van der Waals surface area contributed by atoms with Crippen molar-refractivity contribution in [2.45, 2.75) is 25.3 Å². The molecule has 2 N–H and O–H groups in total. The Kier molecular flexibility index (Phi) is 2.71. The zero-order chi connectivity index (χ0) is 12.6.